The van der Waals surface area contributed by atoms with Gasteiger partial charge in [0.05, 0.1) is 5.71 Å². The van der Waals surface area contributed by atoms with Crippen LogP contribution in [0.1, 0.15) is 5.56 Å². The molecule has 0 amide bonds. The van der Waals surface area contributed by atoms with E-state index >= 15 is 0 Å². The molecular formula is C11H9NO. The number of nitrogens with zero attached hydrogens (tertiary/aromatic N) is 1. The lowest BCUT2D eigenvalue weighted by molar-refractivity contribution is -0.113. The van der Waals surface area contributed by atoms with Crippen molar-refractivity contribution in [3.8, 4) is 0 Å². The van der Waals surface area contributed by atoms with Crippen molar-refractivity contribution in [2.75, 3.05) is 6.54 Å². The summed E-state index contributed by atoms with van der Waals surface area (Å²) in [5.74, 6) is 0.0267. The molecule has 2 nitrogen and oxygen atoms in total. The minimum atomic E-state index is 0.0267. The van der Waals surface area contributed by atoms with E-state index in [9.17, 15) is 4.79 Å². The fourth-order valence-corrected chi connectivity index (χ4v) is 1.34. The molecule has 0 saturated carbocycles. The Morgan fingerprint density at radius 3 is 2.46 bits per heavy atom. The molecule has 0 unspecified atom stereocenters. The minimum Gasteiger partial charge on any atom is -0.292 e. The van der Waals surface area contributed by atoms with Gasteiger partial charge in [-0.25, -0.2) is 0 Å². The number of carbonyl (C=O) groups excluding carboxylic acids is 1. The van der Waals surface area contributed by atoms with E-state index in [1.807, 2.05) is 30.3 Å². The smallest absolute Gasteiger partial charge is 0.185 e. The van der Waals surface area contributed by atoms with Crippen LogP contribution in [-0.4, -0.2) is 18.0 Å². The van der Waals surface area contributed by atoms with Gasteiger partial charge in [0.25, 0.3) is 0 Å². The molecule has 1 aliphatic heterocycles. The molecule has 1 aromatic rings. The molecule has 1 heterocycles. The van der Waals surface area contributed by atoms with Gasteiger partial charge >= 0.3 is 0 Å². The van der Waals surface area contributed by atoms with Crippen molar-refractivity contribution in [2.45, 2.75) is 0 Å². The van der Waals surface area contributed by atoms with E-state index in [0.717, 1.165) is 11.3 Å². The van der Waals surface area contributed by atoms with E-state index in [1.165, 1.54) is 0 Å². The number of ketones is 1. The molecule has 0 radical (unpaired) electrons. The van der Waals surface area contributed by atoms with Crippen LogP contribution in [0, 0.1) is 0 Å². The van der Waals surface area contributed by atoms with Crippen LogP contribution in [0.2, 0.25) is 0 Å². The average molecular weight is 171 g/mol. The molecule has 1 aromatic carbocycles. The van der Waals surface area contributed by atoms with Gasteiger partial charge in [-0.1, -0.05) is 36.9 Å². The molecule has 2 heteroatoms. The van der Waals surface area contributed by atoms with Gasteiger partial charge in [-0.15, -0.1) is 0 Å². The Kier molecular flexibility index (Phi) is 1.81. The molecular weight excluding hydrogens is 162 g/mol. The Bertz CT molecular complexity index is 390. The zero-order valence-electron chi connectivity index (χ0n) is 7.16. The summed E-state index contributed by atoms with van der Waals surface area (Å²) < 4.78 is 0. The van der Waals surface area contributed by atoms with E-state index in [1.54, 1.807) is 0 Å². The second-order valence-electron chi connectivity index (χ2n) is 2.93. The van der Waals surface area contributed by atoms with Crippen LogP contribution >= 0.6 is 0 Å². The lowest BCUT2D eigenvalue weighted by Gasteiger charge is -1.99. The molecule has 0 bridgehead atoms. The Labute approximate surface area is 76.6 Å². The first kappa shape index (κ1) is 7.92. The number of Topliss-reactive ketones (excluding diaryl/α,β-unsaturated/α-hetero) is 1. The summed E-state index contributed by atoms with van der Waals surface area (Å²) in [7, 11) is 0. The molecule has 13 heavy (non-hydrogen) atoms. The first-order chi connectivity index (χ1) is 6.29. The minimum absolute atomic E-state index is 0.0267. The summed E-state index contributed by atoms with van der Waals surface area (Å²) >= 11 is 0. The van der Waals surface area contributed by atoms with E-state index < -0.39 is 0 Å². The van der Waals surface area contributed by atoms with Crippen molar-refractivity contribution in [1.82, 2.24) is 0 Å². The summed E-state index contributed by atoms with van der Waals surface area (Å²) in [6, 6.07) is 9.65. The molecule has 0 atom stereocenters. The van der Waals surface area contributed by atoms with Gasteiger partial charge in [0.1, 0.15) is 6.54 Å². The Hall–Kier alpha value is -1.70. The second-order valence-corrected chi connectivity index (χ2v) is 2.93. The zero-order valence-corrected chi connectivity index (χ0v) is 7.16. The fraction of sp³-hybridized carbons (Fsp3) is 0.0909. The molecule has 0 aromatic heterocycles. The Balaban J connectivity index is 2.39. The van der Waals surface area contributed by atoms with Crippen LogP contribution in [-0.2, 0) is 4.79 Å². The van der Waals surface area contributed by atoms with Crippen LogP contribution in [0.4, 0.5) is 0 Å². The highest BCUT2D eigenvalue weighted by molar-refractivity contribution is 6.32. The highest BCUT2D eigenvalue weighted by Gasteiger charge is 2.20. The topological polar surface area (TPSA) is 29.4 Å². The van der Waals surface area contributed by atoms with E-state index in [4.69, 9.17) is 0 Å². The first-order valence-corrected chi connectivity index (χ1v) is 4.11. The lowest BCUT2D eigenvalue weighted by Crippen LogP contribution is -2.05. The van der Waals surface area contributed by atoms with Crippen molar-refractivity contribution in [3.63, 3.8) is 0 Å². The quantitative estimate of drug-likeness (QED) is 0.590. The number of hydrogen-bond acceptors (Lipinski definition) is 2. The first-order valence-electron chi connectivity index (χ1n) is 4.11. The maximum atomic E-state index is 11.1. The van der Waals surface area contributed by atoms with E-state index in [-0.39, 0.29) is 12.3 Å². The third-order valence-corrected chi connectivity index (χ3v) is 2.05. The SMILES string of the molecule is C=C1C(=O)CN=C1c1ccccc1. The Morgan fingerprint density at radius 1 is 1.23 bits per heavy atom. The van der Waals surface area contributed by atoms with Crippen LogP contribution in [0.5, 0.6) is 0 Å². The van der Waals surface area contributed by atoms with Gasteiger partial charge < -0.3 is 0 Å². The molecule has 0 aliphatic carbocycles. The van der Waals surface area contributed by atoms with Gasteiger partial charge in [-0.05, 0) is 0 Å². The van der Waals surface area contributed by atoms with Crippen molar-refractivity contribution < 1.29 is 4.79 Å². The maximum absolute atomic E-state index is 11.1. The largest absolute Gasteiger partial charge is 0.292 e. The van der Waals surface area contributed by atoms with E-state index in [2.05, 4.69) is 11.6 Å². The van der Waals surface area contributed by atoms with Crippen LogP contribution < -0.4 is 0 Å². The maximum Gasteiger partial charge on any atom is 0.185 e. The van der Waals surface area contributed by atoms with Crippen molar-refractivity contribution in [2.24, 2.45) is 4.99 Å². The summed E-state index contributed by atoms with van der Waals surface area (Å²) in [6.07, 6.45) is 0. The molecule has 0 N–H and O–H groups in total. The number of aliphatic imine (C=N–C) groups is 1. The van der Waals surface area contributed by atoms with Crippen LogP contribution in [0.3, 0.4) is 0 Å². The average Bonchev–Trinajstić information content (AvgIpc) is 2.49. The van der Waals surface area contributed by atoms with Crippen molar-refractivity contribution in [3.05, 3.63) is 48.0 Å². The predicted octanol–water partition coefficient (Wildman–Crippen LogP) is 1.61. The molecule has 0 spiro atoms. The van der Waals surface area contributed by atoms with Gasteiger partial charge in [-0.2, -0.15) is 0 Å². The van der Waals surface area contributed by atoms with E-state index in [0.29, 0.717) is 5.57 Å². The van der Waals surface area contributed by atoms with Gasteiger partial charge in [0.15, 0.2) is 5.78 Å². The third-order valence-electron chi connectivity index (χ3n) is 2.05. The highest BCUT2D eigenvalue weighted by Crippen LogP contribution is 2.14. The highest BCUT2D eigenvalue weighted by atomic mass is 16.1. The predicted molar refractivity (Wildman–Crippen MR) is 52.0 cm³/mol. The van der Waals surface area contributed by atoms with Gasteiger partial charge in [0.2, 0.25) is 0 Å². The number of hydrogen-bond donors (Lipinski definition) is 0. The zero-order chi connectivity index (χ0) is 9.26. The normalized spacial score (nSPS) is 16.2. The monoisotopic (exact) mass is 171 g/mol. The lowest BCUT2D eigenvalue weighted by atomic mass is 10.0. The molecule has 1 aliphatic rings. The summed E-state index contributed by atoms with van der Waals surface area (Å²) in [4.78, 5) is 15.3. The van der Waals surface area contributed by atoms with Crippen molar-refractivity contribution in [1.29, 1.82) is 0 Å². The third kappa shape index (κ3) is 1.31. The number of rotatable bonds is 1. The van der Waals surface area contributed by atoms with Gasteiger partial charge in [-0.3, -0.25) is 9.79 Å². The van der Waals surface area contributed by atoms with Gasteiger partial charge in [0, 0.05) is 11.1 Å². The summed E-state index contributed by atoms with van der Waals surface area (Å²) in [5, 5.41) is 0. The van der Waals surface area contributed by atoms with Crippen LogP contribution in [0.25, 0.3) is 0 Å². The summed E-state index contributed by atoms with van der Waals surface area (Å²) in [6.45, 7) is 3.97. The number of benzene rings is 1. The number of carbonyl (C=O) groups is 1. The van der Waals surface area contributed by atoms with Crippen LogP contribution in [0.15, 0.2) is 47.5 Å². The Morgan fingerprint density at radius 2 is 1.92 bits per heavy atom. The molecule has 2 rings (SSSR count). The molecule has 0 fully saturated rings. The molecule has 0 saturated heterocycles. The molecule has 64 valence electrons. The standard InChI is InChI=1S/C11H9NO/c1-8-10(13)7-12-11(8)9-5-3-2-4-6-9/h2-6H,1,7H2. The second kappa shape index (κ2) is 2.98. The summed E-state index contributed by atoms with van der Waals surface area (Å²) in [5.41, 5.74) is 2.25. The van der Waals surface area contributed by atoms with Crippen molar-refractivity contribution >= 4 is 11.5 Å². The fourth-order valence-electron chi connectivity index (χ4n) is 1.34.